The maximum Gasteiger partial charge on any atom is 0.148 e. The van der Waals surface area contributed by atoms with Crippen LogP contribution in [0, 0.1) is 12.3 Å². The fourth-order valence-electron chi connectivity index (χ4n) is 2.24. The molecule has 1 aliphatic heterocycles. The summed E-state index contributed by atoms with van der Waals surface area (Å²) in [5.74, 6) is 3.47. The average molecular weight is 239 g/mol. The van der Waals surface area contributed by atoms with Gasteiger partial charge in [0, 0.05) is 23.9 Å². The van der Waals surface area contributed by atoms with Gasteiger partial charge in [0.25, 0.3) is 0 Å². The molecule has 0 radical (unpaired) electrons. The van der Waals surface area contributed by atoms with Gasteiger partial charge in [0.05, 0.1) is 6.54 Å². The minimum absolute atomic E-state index is 0.311. The van der Waals surface area contributed by atoms with Crippen molar-refractivity contribution >= 4 is 11.3 Å². The van der Waals surface area contributed by atoms with Gasteiger partial charge in [-0.3, -0.25) is 0 Å². The Morgan fingerprint density at radius 2 is 2.28 bits per heavy atom. The van der Waals surface area contributed by atoms with Crippen LogP contribution >= 0.6 is 0 Å². The van der Waals surface area contributed by atoms with Crippen LogP contribution in [0.1, 0.15) is 12.0 Å². The van der Waals surface area contributed by atoms with Gasteiger partial charge in [0.1, 0.15) is 12.4 Å². The van der Waals surface area contributed by atoms with Crippen LogP contribution < -0.4 is 4.90 Å². The first kappa shape index (κ1) is 12.3. The lowest BCUT2D eigenvalue weighted by molar-refractivity contribution is 0.249. The van der Waals surface area contributed by atoms with Gasteiger partial charge in [-0.2, -0.15) is 0 Å². The SMILES string of the molecule is C#CCOC1=C(CC=C)c2ccccc2N(C)C1. The maximum atomic E-state index is 5.68. The second kappa shape index (κ2) is 5.46. The van der Waals surface area contributed by atoms with Gasteiger partial charge in [-0.25, -0.2) is 0 Å². The summed E-state index contributed by atoms with van der Waals surface area (Å²) in [5, 5.41) is 0. The van der Waals surface area contributed by atoms with Crippen LogP contribution in [0.4, 0.5) is 5.69 Å². The van der Waals surface area contributed by atoms with Crippen LogP contribution in [-0.4, -0.2) is 20.2 Å². The van der Waals surface area contributed by atoms with Crippen molar-refractivity contribution < 1.29 is 4.74 Å². The molecule has 2 heteroatoms. The van der Waals surface area contributed by atoms with E-state index < -0.39 is 0 Å². The molecule has 0 atom stereocenters. The van der Waals surface area contributed by atoms with Gasteiger partial charge < -0.3 is 9.64 Å². The number of hydrogen-bond donors (Lipinski definition) is 0. The number of anilines is 1. The van der Waals surface area contributed by atoms with E-state index in [0.29, 0.717) is 6.61 Å². The van der Waals surface area contributed by atoms with E-state index in [9.17, 15) is 0 Å². The summed E-state index contributed by atoms with van der Waals surface area (Å²) >= 11 is 0. The van der Waals surface area contributed by atoms with Crippen LogP contribution in [0.2, 0.25) is 0 Å². The second-order valence-corrected chi connectivity index (χ2v) is 4.26. The Bertz CT molecular complexity index is 522. The number of para-hydroxylation sites is 1. The molecule has 1 aromatic carbocycles. The highest BCUT2D eigenvalue weighted by molar-refractivity contribution is 5.82. The predicted molar refractivity (Wildman–Crippen MR) is 76.2 cm³/mol. The molecule has 0 unspecified atom stereocenters. The first-order valence-electron chi connectivity index (χ1n) is 5.97. The Morgan fingerprint density at radius 3 is 3.00 bits per heavy atom. The summed E-state index contributed by atoms with van der Waals surface area (Å²) in [6, 6.07) is 8.33. The van der Waals surface area contributed by atoms with Gasteiger partial charge >= 0.3 is 0 Å². The fourth-order valence-corrected chi connectivity index (χ4v) is 2.24. The molecule has 0 saturated carbocycles. The highest BCUT2D eigenvalue weighted by atomic mass is 16.5. The zero-order valence-electron chi connectivity index (χ0n) is 10.6. The molecule has 0 N–H and O–H groups in total. The Morgan fingerprint density at radius 1 is 1.50 bits per heavy atom. The third-order valence-electron chi connectivity index (χ3n) is 3.04. The van der Waals surface area contributed by atoms with Crippen molar-refractivity contribution in [2.75, 3.05) is 25.1 Å². The van der Waals surface area contributed by atoms with E-state index in [2.05, 4.69) is 36.6 Å². The van der Waals surface area contributed by atoms with E-state index in [-0.39, 0.29) is 0 Å². The number of hydrogen-bond acceptors (Lipinski definition) is 2. The molecule has 1 heterocycles. The van der Waals surface area contributed by atoms with E-state index in [0.717, 1.165) is 18.7 Å². The average Bonchev–Trinajstić information content (AvgIpc) is 2.40. The molecule has 0 amide bonds. The molecule has 2 rings (SSSR count). The standard InChI is InChI=1S/C16H17NO/c1-4-8-14-13-9-6-7-10-15(13)17(3)12-16(14)18-11-5-2/h2,4,6-7,9-10H,1,8,11-12H2,3H3. The van der Waals surface area contributed by atoms with Crippen molar-refractivity contribution in [1.82, 2.24) is 0 Å². The van der Waals surface area contributed by atoms with Gasteiger partial charge in [-0.05, 0) is 12.5 Å². The van der Waals surface area contributed by atoms with Crippen molar-refractivity contribution in [1.29, 1.82) is 0 Å². The van der Waals surface area contributed by atoms with Crippen molar-refractivity contribution in [2.45, 2.75) is 6.42 Å². The third-order valence-corrected chi connectivity index (χ3v) is 3.04. The largest absolute Gasteiger partial charge is 0.483 e. The van der Waals surface area contributed by atoms with Crippen LogP contribution in [-0.2, 0) is 4.74 Å². The first-order valence-corrected chi connectivity index (χ1v) is 5.97. The maximum absolute atomic E-state index is 5.68. The number of likely N-dealkylation sites (N-methyl/N-ethyl adjacent to an activating group) is 1. The Kier molecular flexibility index (Phi) is 3.74. The molecule has 2 nitrogen and oxygen atoms in total. The fraction of sp³-hybridized carbons (Fsp3) is 0.250. The van der Waals surface area contributed by atoms with Gasteiger partial charge in [0.15, 0.2) is 0 Å². The number of allylic oxidation sites excluding steroid dienone is 2. The molecule has 92 valence electrons. The highest BCUT2D eigenvalue weighted by Gasteiger charge is 2.21. The minimum atomic E-state index is 0.311. The normalized spacial score (nSPS) is 13.9. The molecule has 1 aromatic rings. The molecule has 18 heavy (non-hydrogen) atoms. The summed E-state index contributed by atoms with van der Waals surface area (Å²) < 4.78 is 5.68. The molecule has 0 bridgehead atoms. The summed E-state index contributed by atoms with van der Waals surface area (Å²) in [7, 11) is 2.06. The highest BCUT2D eigenvalue weighted by Crippen LogP contribution is 2.36. The van der Waals surface area contributed by atoms with Crippen LogP contribution in [0.5, 0.6) is 0 Å². The lowest BCUT2D eigenvalue weighted by Gasteiger charge is -2.31. The van der Waals surface area contributed by atoms with E-state index in [1.165, 1.54) is 16.8 Å². The second-order valence-electron chi connectivity index (χ2n) is 4.26. The summed E-state index contributed by atoms with van der Waals surface area (Å²) in [6.07, 6.45) is 7.96. The molecular formula is C16H17NO. The number of ether oxygens (including phenoxy) is 1. The first-order chi connectivity index (χ1) is 8.77. The number of nitrogens with zero attached hydrogens (tertiary/aromatic N) is 1. The van der Waals surface area contributed by atoms with E-state index in [1.54, 1.807) is 0 Å². The summed E-state index contributed by atoms with van der Waals surface area (Å²) in [6.45, 7) is 4.88. The smallest absolute Gasteiger partial charge is 0.148 e. The van der Waals surface area contributed by atoms with Crippen molar-refractivity contribution in [3.05, 3.63) is 48.2 Å². The van der Waals surface area contributed by atoms with Gasteiger partial charge in [-0.15, -0.1) is 13.0 Å². The predicted octanol–water partition coefficient (Wildman–Crippen LogP) is 3.07. The molecule has 0 fully saturated rings. The molecule has 0 saturated heterocycles. The van der Waals surface area contributed by atoms with Gasteiger partial charge in [0.2, 0.25) is 0 Å². The number of rotatable bonds is 4. The van der Waals surface area contributed by atoms with E-state index >= 15 is 0 Å². The minimum Gasteiger partial charge on any atom is -0.483 e. The summed E-state index contributed by atoms with van der Waals surface area (Å²) in [5.41, 5.74) is 3.62. The van der Waals surface area contributed by atoms with Crippen LogP contribution in [0.3, 0.4) is 0 Å². The quantitative estimate of drug-likeness (QED) is 0.591. The molecule has 0 aliphatic carbocycles. The lowest BCUT2D eigenvalue weighted by Crippen LogP contribution is -2.27. The number of terminal acetylenes is 1. The van der Waals surface area contributed by atoms with Crippen LogP contribution in [0.15, 0.2) is 42.7 Å². The molecule has 1 aliphatic rings. The molecule has 0 spiro atoms. The van der Waals surface area contributed by atoms with Crippen molar-refractivity contribution in [3.8, 4) is 12.3 Å². The van der Waals surface area contributed by atoms with E-state index in [4.69, 9.17) is 11.2 Å². The monoisotopic (exact) mass is 239 g/mol. The number of benzene rings is 1. The number of fused-ring (bicyclic) bond motifs is 1. The van der Waals surface area contributed by atoms with E-state index in [1.807, 2.05) is 18.2 Å². The molecular weight excluding hydrogens is 222 g/mol. The Hall–Kier alpha value is -2.14. The van der Waals surface area contributed by atoms with Crippen LogP contribution in [0.25, 0.3) is 5.57 Å². The Balaban J connectivity index is 2.46. The zero-order valence-corrected chi connectivity index (χ0v) is 10.6. The van der Waals surface area contributed by atoms with Gasteiger partial charge in [-0.1, -0.05) is 30.2 Å². The zero-order chi connectivity index (χ0) is 13.0. The van der Waals surface area contributed by atoms with Crippen molar-refractivity contribution in [2.24, 2.45) is 0 Å². The lowest BCUT2D eigenvalue weighted by atomic mass is 9.95. The Labute approximate surface area is 109 Å². The third kappa shape index (κ3) is 2.26. The summed E-state index contributed by atoms with van der Waals surface area (Å²) in [4.78, 5) is 2.17. The topological polar surface area (TPSA) is 12.5 Å². The van der Waals surface area contributed by atoms with Crippen molar-refractivity contribution in [3.63, 3.8) is 0 Å². The molecule has 0 aromatic heterocycles.